The standard InChI is InChI=1S/C31H40N8O4/c1-31(2,3)21-10-12-22(13-11-21)37-30(42)33-14-7-15-38(16-20-8-5-4-6-9-20)17-23-25(40)26(41)29(43-23)39-19-36-24-27(32)34-18-35-28(24)39/h4-6,8-13,18-19,23,25-26,29,40-41H,7,14-17H2,1-3H3,(H2,32,34,35)(H2,33,37,42). The highest BCUT2D eigenvalue weighted by molar-refractivity contribution is 5.89. The Morgan fingerprint density at radius 1 is 1.05 bits per heavy atom. The van der Waals surface area contributed by atoms with Crippen LogP contribution in [0.5, 0.6) is 0 Å². The van der Waals surface area contributed by atoms with Gasteiger partial charge in [-0.15, -0.1) is 0 Å². The second-order valence-electron chi connectivity index (χ2n) is 11.9. The van der Waals surface area contributed by atoms with Gasteiger partial charge in [-0.25, -0.2) is 19.7 Å². The molecule has 0 radical (unpaired) electrons. The first-order valence-corrected chi connectivity index (χ1v) is 14.5. The average molecular weight is 589 g/mol. The normalized spacial score (nSPS) is 20.5. The van der Waals surface area contributed by atoms with Crippen molar-refractivity contribution in [1.82, 2.24) is 29.7 Å². The number of aromatic nitrogens is 4. The summed E-state index contributed by atoms with van der Waals surface area (Å²) in [5.41, 5.74) is 9.81. The zero-order chi connectivity index (χ0) is 30.6. The number of fused-ring (bicyclic) bond motifs is 1. The molecule has 43 heavy (non-hydrogen) atoms. The van der Waals surface area contributed by atoms with Crippen LogP contribution in [0.2, 0.25) is 0 Å². The summed E-state index contributed by atoms with van der Waals surface area (Å²) >= 11 is 0. The number of nitrogen functional groups attached to an aromatic ring is 1. The molecule has 4 aromatic rings. The fraction of sp³-hybridized carbons (Fsp3) is 0.419. The van der Waals surface area contributed by atoms with Crippen LogP contribution in [0.4, 0.5) is 16.3 Å². The quantitative estimate of drug-likeness (QED) is 0.175. The van der Waals surface area contributed by atoms with Gasteiger partial charge in [-0.1, -0.05) is 63.2 Å². The average Bonchev–Trinajstić information content (AvgIpc) is 3.53. The number of carbonyl (C=O) groups is 1. The number of ether oxygens (including phenoxy) is 1. The van der Waals surface area contributed by atoms with Crippen molar-refractivity contribution in [2.45, 2.75) is 63.7 Å². The zero-order valence-corrected chi connectivity index (χ0v) is 24.7. The first kappa shape index (κ1) is 30.4. The number of nitrogens with zero attached hydrogens (tertiary/aromatic N) is 5. The van der Waals surface area contributed by atoms with Gasteiger partial charge in [0.15, 0.2) is 17.7 Å². The molecule has 1 aliphatic rings. The lowest BCUT2D eigenvalue weighted by molar-refractivity contribution is -0.0449. The van der Waals surface area contributed by atoms with Gasteiger partial charge in [-0.2, -0.15) is 0 Å². The van der Waals surface area contributed by atoms with Crippen LogP contribution in [0, 0.1) is 0 Å². The molecule has 6 N–H and O–H groups in total. The molecule has 228 valence electrons. The van der Waals surface area contributed by atoms with Crippen LogP contribution in [0.15, 0.2) is 67.3 Å². The van der Waals surface area contributed by atoms with Crippen LogP contribution >= 0.6 is 0 Å². The summed E-state index contributed by atoms with van der Waals surface area (Å²) in [4.78, 5) is 27.1. The number of nitrogens with one attached hydrogen (secondary N) is 2. The maximum Gasteiger partial charge on any atom is 0.319 e. The van der Waals surface area contributed by atoms with Crippen LogP contribution < -0.4 is 16.4 Å². The molecular formula is C31H40N8O4. The van der Waals surface area contributed by atoms with Gasteiger partial charge in [0, 0.05) is 31.9 Å². The van der Waals surface area contributed by atoms with E-state index in [0.29, 0.717) is 43.8 Å². The monoisotopic (exact) mass is 588 g/mol. The number of imidazole rings is 1. The van der Waals surface area contributed by atoms with E-state index < -0.39 is 24.5 Å². The Bertz CT molecular complexity index is 1510. The van der Waals surface area contributed by atoms with Gasteiger partial charge < -0.3 is 31.3 Å². The maximum atomic E-state index is 12.5. The van der Waals surface area contributed by atoms with E-state index in [1.54, 1.807) is 4.57 Å². The van der Waals surface area contributed by atoms with Crippen LogP contribution in [-0.4, -0.2) is 78.6 Å². The summed E-state index contributed by atoms with van der Waals surface area (Å²) in [7, 11) is 0. The lowest BCUT2D eigenvalue weighted by atomic mass is 9.87. The highest BCUT2D eigenvalue weighted by Gasteiger charge is 2.44. The number of hydrogen-bond donors (Lipinski definition) is 5. The molecule has 2 aromatic heterocycles. The molecular weight excluding hydrogens is 548 g/mol. The Hall–Kier alpha value is -4.10. The Balaban J connectivity index is 1.18. The number of aliphatic hydroxyl groups excluding tert-OH is 2. The minimum absolute atomic E-state index is 0.0440. The van der Waals surface area contributed by atoms with E-state index in [1.165, 1.54) is 18.2 Å². The van der Waals surface area contributed by atoms with E-state index in [-0.39, 0.29) is 17.3 Å². The fourth-order valence-electron chi connectivity index (χ4n) is 5.23. The van der Waals surface area contributed by atoms with Crippen molar-refractivity contribution in [2.75, 3.05) is 30.7 Å². The molecule has 0 bridgehead atoms. The first-order chi connectivity index (χ1) is 20.6. The third-order valence-electron chi connectivity index (χ3n) is 7.63. The fourth-order valence-corrected chi connectivity index (χ4v) is 5.23. The Labute approximate surface area is 250 Å². The number of urea groups is 1. The van der Waals surface area contributed by atoms with Crippen molar-refractivity contribution in [3.8, 4) is 0 Å². The van der Waals surface area contributed by atoms with Gasteiger partial charge in [-0.05, 0) is 35.1 Å². The van der Waals surface area contributed by atoms with E-state index >= 15 is 0 Å². The molecule has 12 nitrogen and oxygen atoms in total. The zero-order valence-electron chi connectivity index (χ0n) is 24.7. The third-order valence-corrected chi connectivity index (χ3v) is 7.63. The Kier molecular flexibility index (Phi) is 9.21. The largest absolute Gasteiger partial charge is 0.387 e. The first-order valence-electron chi connectivity index (χ1n) is 14.5. The summed E-state index contributed by atoms with van der Waals surface area (Å²) in [6.45, 7) is 8.50. The summed E-state index contributed by atoms with van der Waals surface area (Å²) in [5, 5.41) is 27.7. The lowest BCUT2D eigenvalue weighted by Crippen LogP contribution is -2.41. The summed E-state index contributed by atoms with van der Waals surface area (Å²) in [6.07, 6.45) is -0.415. The topological polar surface area (TPSA) is 164 Å². The number of carbonyl (C=O) groups excluding carboxylic acids is 1. The minimum atomic E-state index is -1.19. The number of benzene rings is 2. The maximum absolute atomic E-state index is 12.5. The van der Waals surface area contributed by atoms with E-state index in [1.807, 2.05) is 54.6 Å². The van der Waals surface area contributed by atoms with Gasteiger partial charge in [0.1, 0.15) is 30.2 Å². The number of hydrogen-bond acceptors (Lipinski definition) is 9. The van der Waals surface area contributed by atoms with Crippen LogP contribution in [0.25, 0.3) is 11.2 Å². The smallest absolute Gasteiger partial charge is 0.319 e. The third kappa shape index (κ3) is 7.28. The molecule has 1 fully saturated rings. The van der Waals surface area contributed by atoms with Crippen LogP contribution in [0.1, 0.15) is 44.5 Å². The molecule has 12 heteroatoms. The molecule has 4 unspecified atom stereocenters. The van der Waals surface area contributed by atoms with Crippen molar-refractivity contribution < 1.29 is 19.7 Å². The highest BCUT2D eigenvalue weighted by atomic mass is 16.6. The SMILES string of the molecule is CC(C)(C)c1ccc(NC(=O)NCCCN(Cc2ccccc2)CC2OC(n3cnc4c(N)ncnc43)C(O)C2O)cc1. The van der Waals surface area contributed by atoms with Crippen molar-refractivity contribution >= 4 is 28.7 Å². The molecule has 0 aliphatic carbocycles. The van der Waals surface area contributed by atoms with Crippen molar-refractivity contribution in [3.63, 3.8) is 0 Å². The van der Waals surface area contributed by atoms with Gasteiger partial charge in [0.05, 0.1) is 6.33 Å². The molecule has 0 saturated carbocycles. The number of anilines is 2. The van der Waals surface area contributed by atoms with Crippen molar-refractivity contribution in [3.05, 3.63) is 78.4 Å². The molecule has 3 heterocycles. The molecule has 2 amide bonds. The molecule has 5 rings (SSSR count). The summed E-state index contributed by atoms with van der Waals surface area (Å²) in [5.74, 6) is 0.225. The molecule has 1 aliphatic heterocycles. The van der Waals surface area contributed by atoms with E-state index in [0.717, 1.165) is 11.3 Å². The van der Waals surface area contributed by atoms with E-state index in [4.69, 9.17) is 10.5 Å². The second kappa shape index (κ2) is 13.0. The van der Waals surface area contributed by atoms with Gasteiger partial charge >= 0.3 is 6.03 Å². The van der Waals surface area contributed by atoms with Crippen molar-refractivity contribution in [2.24, 2.45) is 0 Å². The molecule has 4 atom stereocenters. The highest BCUT2D eigenvalue weighted by Crippen LogP contribution is 2.32. The summed E-state index contributed by atoms with van der Waals surface area (Å²) in [6, 6.07) is 17.6. The second-order valence-corrected chi connectivity index (χ2v) is 11.9. The minimum Gasteiger partial charge on any atom is -0.387 e. The van der Waals surface area contributed by atoms with E-state index in [9.17, 15) is 15.0 Å². The summed E-state index contributed by atoms with van der Waals surface area (Å²) < 4.78 is 7.76. The molecule has 1 saturated heterocycles. The molecule has 2 aromatic carbocycles. The number of nitrogens with two attached hydrogens (primary N) is 1. The predicted octanol–water partition coefficient (Wildman–Crippen LogP) is 3.04. The van der Waals surface area contributed by atoms with E-state index in [2.05, 4.69) is 51.3 Å². The van der Waals surface area contributed by atoms with Crippen LogP contribution in [-0.2, 0) is 16.7 Å². The van der Waals surface area contributed by atoms with Gasteiger partial charge in [0.25, 0.3) is 0 Å². The number of amides is 2. The van der Waals surface area contributed by atoms with Crippen molar-refractivity contribution in [1.29, 1.82) is 0 Å². The Morgan fingerprint density at radius 3 is 2.51 bits per heavy atom. The lowest BCUT2D eigenvalue weighted by Gasteiger charge is -2.27. The van der Waals surface area contributed by atoms with Crippen LogP contribution in [0.3, 0.4) is 0 Å². The Morgan fingerprint density at radius 2 is 1.79 bits per heavy atom. The predicted molar refractivity (Wildman–Crippen MR) is 164 cm³/mol. The molecule has 0 spiro atoms. The number of aliphatic hydroxyl groups is 2. The number of rotatable bonds is 10. The van der Waals surface area contributed by atoms with Gasteiger partial charge in [0.2, 0.25) is 0 Å². The van der Waals surface area contributed by atoms with Gasteiger partial charge in [-0.3, -0.25) is 9.47 Å².